The monoisotopic (exact) mass is 227 g/mol. The van der Waals surface area contributed by atoms with Gasteiger partial charge in [-0.1, -0.05) is 13.8 Å². The zero-order chi connectivity index (χ0) is 11.9. The van der Waals surface area contributed by atoms with Crippen LogP contribution in [0.4, 0.5) is 20.4 Å². The van der Waals surface area contributed by atoms with E-state index in [1.807, 2.05) is 4.90 Å². The molecule has 5 heteroatoms. The van der Waals surface area contributed by atoms with Crippen LogP contribution in [0.3, 0.4) is 0 Å². The molecule has 0 radical (unpaired) electrons. The molecule has 0 aliphatic carbocycles. The Hall–Kier alpha value is -1.39. The largest absolute Gasteiger partial charge is 0.381 e. The zero-order valence-corrected chi connectivity index (χ0v) is 9.37. The Labute approximate surface area is 93.3 Å². The number of pyridine rings is 1. The van der Waals surface area contributed by atoms with Crippen molar-refractivity contribution in [2.45, 2.75) is 13.8 Å². The molecule has 0 bridgehead atoms. The molecule has 2 N–H and O–H groups in total. The summed E-state index contributed by atoms with van der Waals surface area (Å²) in [6.07, 6.45) is 0. The van der Waals surface area contributed by atoms with E-state index in [-0.39, 0.29) is 11.6 Å². The Kier molecular flexibility index (Phi) is 2.69. The minimum atomic E-state index is -0.804. The Morgan fingerprint density at radius 1 is 1.25 bits per heavy atom. The molecule has 0 amide bonds. The third-order valence-corrected chi connectivity index (χ3v) is 3.23. The smallest absolute Gasteiger partial charge is 0.168 e. The lowest BCUT2D eigenvalue weighted by Gasteiger charge is -2.18. The van der Waals surface area contributed by atoms with Gasteiger partial charge in [-0.15, -0.1) is 0 Å². The second-order valence-corrected chi connectivity index (χ2v) is 4.52. The van der Waals surface area contributed by atoms with Crippen LogP contribution in [0.5, 0.6) is 0 Å². The van der Waals surface area contributed by atoms with E-state index in [0.717, 1.165) is 19.2 Å². The van der Waals surface area contributed by atoms with Crippen LogP contribution in [-0.2, 0) is 0 Å². The Balaban J connectivity index is 2.31. The molecule has 0 saturated carbocycles. The number of halogens is 2. The van der Waals surface area contributed by atoms with E-state index < -0.39 is 11.6 Å². The van der Waals surface area contributed by atoms with Gasteiger partial charge in [0.25, 0.3) is 0 Å². The van der Waals surface area contributed by atoms with E-state index in [4.69, 9.17) is 5.73 Å². The first-order valence-corrected chi connectivity index (χ1v) is 5.35. The number of nitrogens with two attached hydrogens (primary N) is 1. The summed E-state index contributed by atoms with van der Waals surface area (Å²) >= 11 is 0. The fourth-order valence-electron chi connectivity index (χ4n) is 2.00. The summed E-state index contributed by atoms with van der Waals surface area (Å²) in [5.41, 5.74) is 5.35. The van der Waals surface area contributed by atoms with Crippen molar-refractivity contribution in [3.63, 3.8) is 0 Å². The van der Waals surface area contributed by atoms with Crippen molar-refractivity contribution >= 4 is 11.6 Å². The summed E-state index contributed by atoms with van der Waals surface area (Å²) in [5.74, 6) is -0.576. The number of hydrogen-bond donors (Lipinski definition) is 1. The summed E-state index contributed by atoms with van der Waals surface area (Å²) in [6.45, 7) is 5.68. The van der Waals surface area contributed by atoms with Crippen LogP contribution in [0.2, 0.25) is 0 Å². The maximum Gasteiger partial charge on any atom is 0.168 e. The third-order valence-electron chi connectivity index (χ3n) is 3.23. The van der Waals surface area contributed by atoms with Crippen LogP contribution < -0.4 is 10.6 Å². The fourth-order valence-corrected chi connectivity index (χ4v) is 2.00. The van der Waals surface area contributed by atoms with Crippen LogP contribution >= 0.6 is 0 Å². The summed E-state index contributed by atoms with van der Waals surface area (Å²) < 4.78 is 26.5. The van der Waals surface area contributed by atoms with Crippen LogP contribution in [0.1, 0.15) is 13.8 Å². The van der Waals surface area contributed by atoms with Gasteiger partial charge in [0.2, 0.25) is 0 Å². The highest BCUT2D eigenvalue weighted by Crippen LogP contribution is 2.29. The predicted octanol–water partition coefficient (Wildman–Crippen LogP) is 2.03. The van der Waals surface area contributed by atoms with Crippen molar-refractivity contribution in [1.29, 1.82) is 0 Å². The van der Waals surface area contributed by atoms with Crippen LogP contribution in [-0.4, -0.2) is 18.1 Å². The molecule has 2 unspecified atom stereocenters. The molecule has 1 aliphatic heterocycles. The number of rotatable bonds is 1. The van der Waals surface area contributed by atoms with E-state index in [9.17, 15) is 8.78 Å². The summed E-state index contributed by atoms with van der Waals surface area (Å²) in [6, 6.07) is 0.797. The minimum absolute atomic E-state index is 0.162. The van der Waals surface area contributed by atoms with Crippen LogP contribution in [0.25, 0.3) is 0 Å². The first-order valence-electron chi connectivity index (χ1n) is 5.35. The molecule has 1 saturated heterocycles. The third kappa shape index (κ3) is 1.81. The molecule has 0 spiro atoms. The van der Waals surface area contributed by atoms with Crippen LogP contribution in [0.15, 0.2) is 6.07 Å². The fraction of sp³-hybridized carbons (Fsp3) is 0.545. The molecule has 1 fully saturated rings. The van der Waals surface area contributed by atoms with Crippen molar-refractivity contribution in [3.05, 3.63) is 17.7 Å². The minimum Gasteiger partial charge on any atom is -0.381 e. The Morgan fingerprint density at radius 3 is 2.38 bits per heavy atom. The quantitative estimate of drug-likeness (QED) is 0.798. The SMILES string of the molecule is CC1CN(c2nc(N)c(F)cc2F)CC1C. The van der Waals surface area contributed by atoms with Gasteiger partial charge in [-0.25, -0.2) is 13.8 Å². The summed E-state index contributed by atoms with van der Waals surface area (Å²) in [4.78, 5) is 5.60. The lowest BCUT2D eigenvalue weighted by Crippen LogP contribution is -2.22. The predicted molar refractivity (Wildman–Crippen MR) is 59.1 cm³/mol. The Morgan fingerprint density at radius 2 is 1.81 bits per heavy atom. The van der Waals surface area contributed by atoms with E-state index in [0.29, 0.717) is 11.8 Å². The van der Waals surface area contributed by atoms with Crippen molar-refractivity contribution in [2.75, 3.05) is 23.7 Å². The normalized spacial score (nSPS) is 25.1. The highest BCUT2D eigenvalue weighted by Gasteiger charge is 2.29. The van der Waals surface area contributed by atoms with Crippen LogP contribution in [0, 0.1) is 23.5 Å². The van der Waals surface area contributed by atoms with Gasteiger partial charge in [0, 0.05) is 19.2 Å². The van der Waals surface area contributed by atoms with Crippen molar-refractivity contribution < 1.29 is 8.78 Å². The van der Waals surface area contributed by atoms with Gasteiger partial charge in [0.15, 0.2) is 23.3 Å². The average Bonchev–Trinajstić information content (AvgIpc) is 2.53. The highest BCUT2D eigenvalue weighted by atomic mass is 19.1. The molecule has 88 valence electrons. The molecular formula is C11H15F2N3. The lowest BCUT2D eigenvalue weighted by molar-refractivity contribution is 0.494. The number of nitrogen functional groups attached to an aromatic ring is 1. The van der Waals surface area contributed by atoms with E-state index >= 15 is 0 Å². The maximum atomic E-state index is 13.5. The maximum absolute atomic E-state index is 13.5. The number of aromatic nitrogens is 1. The number of hydrogen-bond acceptors (Lipinski definition) is 3. The Bertz CT molecular complexity index is 398. The second kappa shape index (κ2) is 3.88. The molecule has 16 heavy (non-hydrogen) atoms. The van der Waals surface area contributed by atoms with Gasteiger partial charge < -0.3 is 10.6 Å². The van der Waals surface area contributed by atoms with Gasteiger partial charge >= 0.3 is 0 Å². The molecule has 2 heterocycles. The molecule has 1 aliphatic rings. The van der Waals surface area contributed by atoms with Crippen molar-refractivity contribution in [3.8, 4) is 0 Å². The van der Waals surface area contributed by atoms with E-state index in [1.165, 1.54) is 0 Å². The summed E-state index contributed by atoms with van der Waals surface area (Å²) in [7, 11) is 0. The van der Waals surface area contributed by atoms with E-state index in [1.54, 1.807) is 0 Å². The molecule has 3 nitrogen and oxygen atoms in total. The first kappa shape index (κ1) is 11.1. The van der Waals surface area contributed by atoms with Gasteiger partial charge in [-0.05, 0) is 11.8 Å². The molecule has 1 aromatic rings. The highest BCUT2D eigenvalue weighted by molar-refractivity contribution is 5.48. The topological polar surface area (TPSA) is 42.2 Å². The first-order chi connectivity index (χ1) is 7.49. The van der Waals surface area contributed by atoms with Gasteiger partial charge in [0.1, 0.15) is 0 Å². The second-order valence-electron chi connectivity index (χ2n) is 4.52. The standard InChI is InChI=1S/C11H15F2N3/c1-6-4-16(5-7(6)2)11-9(13)3-8(12)10(14)15-11/h3,6-7H,4-5H2,1-2H3,(H2,14,15). The zero-order valence-electron chi connectivity index (χ0n) is 9.37. The van der Waals surface area contributed by atoms with Gasteiger partial charge in [-0.3, -0.25) is 0 Å². The van der Waals surface area contributed by atoms with Gasteiger partial charge in [-0.2, -0.15) is 0 Å². The number of nitrogens with zero attached hydrogens (tertiary/aromatic N) is 2. The van der Waals surface area contributed by atoms with Gasteiger partial charge in [0.05, 0.1) is 0 Å². The molecule has 2 rings (SSSR count). The number of anilines is 2. The van der Waals surface area contributed by atoms with Crippen molar-refractivity contribution in [1.82, 2.24) is 4.98 Å². The molecule has 2 atom stereocenters. The van der Waals surface area contributed by atoms with E-state index in [2.05, 4.69) is 18.8 Å². The lowest BCUT2D eigenvalue weighted by atomic mass is 10.0. The molecular weight excluding hydrogens is 212 g/mol. The van der Waals surface area contributed by atoms with Crippen molar-refractivity contribution in [2.24, 2.45) is 11.8 Å². The molecule has 0 aromatic carbocycles. The average molecular weight is 227 g/mol. The molecule has 1 aromatic heterocycles. The summed E-state index contributed by atoms with van der Waals surface area (Å²) in [5, 5.41) is 0.